The normalized spacial score (nSPS) is 15.2. The first-order valence-electron chi connectivity index (χ1n) is 10.1. The van der Waals surface area contributed by atoms with Gasteiger partial charge in [0.05, 0.1) is 5.69 Å². The van der Waals surface area contributed by atoms with E-state index in [1.54, 1.807) is 18.0 Å². The Morgan fingerprint density at radius 3 is 2.62 bits per heavy atom. The fourth-order valence-corrected chi connectivity index (χ4v) is 4.16. The molecule has 2 aliphatic rings. The molecule has 1 saturated carbocycles. The largest absolute Gasteiger partial charge is 0.340 e. The molecule has 29 heavy (non-hydrogen) atoms. The second kappa shape index (κ2) is 6.52. The molecular formula is C25H20N4. The fourth-order valence-electron chi connectivity index (χ4n) is 4.16. The minimum absolute atomic E-state index is 0.828. The summed E-state index contributed by atoms with van der Waals surface area (Å²) in [5.74, 6) is 1.68. The van der Waals surface area contributed by atoms with Gasteiger partial charge in [0, 0.05) is 46.8 Å². The summed E-state index contributed by atoms with van der Waals surface area (Å²) < 4.78 is 0. The Labute approximate surface area is 169 Å². The third-order valence-electron chi connectivity index (χ3n) is 5.85. The zero-order chi connectivity index (χ0) is 19.2. The summed E-state index contributed by atoms with van der Waals surface area (Å²) in [5, 5.41) is 5.69. The van der Waals surface area contributed by atoms with Crippen LogP contribution in [0.1, 0.15) is 24.0 Å². The molecule has 1 fully saturated rings. The molecule has 0 aliphatic heterocycles. The summed E-state index contributed by atoms with van der Waals surface area (Å²) >= 11 is 0. The maximum Gasteiger partial charge on any atom is 0.139 e. The van der Waals surface area contributed by atoms with E-state index in [1.165, 1.54) is 24.0 Å². The average Bonchev–Trinajstić information content (AvgIpc) is 3.53. The van der Waals surface area contributed by atoms with Crippen molar-refractivity contribution >= 4 is 28.4 Å². The lowest BCUT2D eigenvalue weighted by Gasteiger charge is -2.12. The molecule has 0 bridgehead atoms. The molecule has 1 aromatic carbocycles. The molecule has 1 N–H and O–H groups in total. The molecule has 0 radical (unpaired) electrons. The SMILES string of the molecule is C1=C(C2CC2)Cc2ccc(Nc3nc(-c4ccncc4)cc4cnccc34)cc21. The minimum atomic E-state index is 0.828. The fraction of sp³-hybridized carbons (Fsp3) is 0.160. The van der Waals surface area contributed by atoms with Gasteiger partial charge < -0.3 is 5.32 Å². The van der Waals surface area contributed by atoms with Gasteiger partial charge in [0.15, 0.2) is 0 Å². The Morgan fingerprint density at radius 1 is 0.897 bits per heavy atom. The lowest BCUT2D eigenvalue weighted by Crippen LogP contribution is -1.98. The highest BCUT2D eigenvalue weighted by atomic mass is 15.0. The number of anilines is 2. The Morgan fingerprint density at radius 2 is 1.76 bits per heavy atom. The van der Waals surface area contributed by atoms with E-state index in [0.29, 0.717) is 0 Å². The number of nitrogens with one attached hydrogen (secondary N) is 1. The zero-order valence-corrected chi connectivity index (χ0v) is 16.0. The summed E-state index contributed by atoms with van der Waals surface area (Å²) in [6.07, 6.45) is 13.5. The topological polar surface area (TPSA) is 50.7 Å². The van der Waals surface area contributed by atoms with Crippen LogP contribution in [0.2, 0.25) is 0 Å². The third kappa shape index (κ3) is 3.07. The molecule has 0 saturated heterocycles. The van der Waals surface area contributed by atoms with Gasteiger partial charge in [0.2, 0.25) is 0 Å². The molecule has 0 amide bonds. The van der Waals surface area contributed by atoms with Gasteiger partial charge in [0.1, 0.15) is 5.82 Å². The van der Waals surface area contributed by atoms with Gasteiger partial charge in [-0.15, -0.1) is 0 Å². The highest BCUT2D eigenvalue weighted by molar-refractivity contribution is 5.95. The molecule has 4 heteroatoms. The van der Waals surface area contributed by atoms with Crippen molar-refractivity contribution in [3.05, 3.63) is 84.0 Å². The van der Waals surface area contributed by atoms with Gasteiger partial charge in [-0.25, -0.2) is 4.98 Å². The Balaban J connectivity index is 1.41. The second-order valence-electron chi connectivity index (χ2n) is 7.90. The van der Waals surface area contributed by atoms with E-state index in [4.69, 9.17) is 4.98 Å². The van der Waals surface area contributed by atoms with Crippen molar-refractivity contribution in [3.63, 3.8) is 0 Å². The molecule has 6 rings (SSSR count). The summed E-state index contributed by atoms with van der Waals surface area (Å²) in [6, 6.07) is 14.7. The highest BCUT2D eigenvalue weighted by Crippen LogP contribution is 2.43. The summed E-state index contributed by atoms with van der Waals surface area (Å²) in [5.41, 5.74) is 7.39. The lowest BCUT2D eigenvalue weighted by atomic mass is 10.1. The third-order valence-corrected chi connectivity index (χ3v) is 5.85. The molecular weight excluding hydrogens is 356 g/mol. The first kappa shape index (κ1) is 16.4. The number of aromatic nitrogens is 3. The molecule has 3 heterocycles. The van der Waals surface area contributed by atoms with Crippen molar-refractivity contribution in [1.29, 1.82) is 0 Å². The van der Waals surface area contributed by atoms with Crippen LogP contribution in [0, 0.1) is 5.92 Å². The van der Waals surface area contributed by atoms with Gasteiger partial charge in [-0.2, -0.15) is 0 Å². The monoisotopic (exact) mass is 376 g/mol. The van der Waals surface area contributed by atoms with Crippen LogP contribution in [0.15, 0.2) is 72.8 Å². The number of pyridine rings is 3. The summed E-state index contributed by atoms with van der Waals surface area (Å²) in [4.78, 5) is 13.3. The molecule has 140 valence electrons. The van der Waals surface area contributed by atoms with Gasteiger partial charge in [-0.3, -0.25) is 9.97 Å². The number of hydrogen-bond acceptors (Lipinski definition) is 4. The summed E-state index contributed by atoms with van der Waals surface area (Å²) in [7, 11) is 0. The first-order chi connectivity index (χ1) is 14.3. The number of fused-ring (bicyclic) bond motifs is 2. The van der Waals surface area contributed by atoms with E-state index in [9.17, 15) is 0 Å². The standard InChI is InChI=1S/C25H20N4/c1-2-16(1)19-11-18-3-4-22(13-20(18)12-19)28-25-23-7-10-27-15-21(23)14-24(29-25)17-5-8-26-9-6-17/h3-10,12-16H,1-2,11H2,(H,28,29). The van der Waals surface area contributed by atoms with Crippen molar-refractivity contribution < 1.29 is 0 Å². The van der Waals surface area contributed by atoms with Gasteiger partial charge in [0.25, 0.3) is 0 Å². The van der Waals surface area contributed by atoms with Gasteiger partial charge in [-0.1, -0.05) is 17.7 Å². The molecule has 0 spiro atoms. The smallest absolute Gasteiger partial charge is 0.139 e. The van der Waals surface area contributed by atoms with Crippen molar-refractivity contribution in [2.45, 2.75) is 19.3 Å². The second-order valence-corrected chi connectivity index (χ2v) is 7.90. The maximum absolute atomic E-state index is 4.93. The quantitative estimate of drug-likeness (QED) is 0.490. The van der Waals surface area contributed by atoms with Crippen molar-refractivity contribution in [1.82, 2.24) is 15.0 Å². The van der Waals surface area contributed by atoms with E-state index in [2.05, 4.69) is 45.6 Å². The molecule has 4 aromatic rings. The van der Waals surface area contributed by atoms with E-state index < -0.39 is 0 Å². The predicted octanol–water partition coefficient (Wildman–Crippen LogP) is 5.78. The number of allylic oxidation sites excluding steroid dienone is 1. The number of rotatable bonds is 4. The molecule has 0 unspecified atom stereocenters. The van der Waals surface area contributed by atoms with Crippen molar-refractivity contribution in [2.24, 2.45) is 5.92 Å². The van der Waals surface area contributed by atoms with E-state index in [0.717, 1.165) is 45.9 Å². The van der Waals surface area contributed by atoms with Gasteiger partial charge in [-0.05, 0) is 72.7 Å². The Bertz CT molecular complexity index is 1260. The number of benzene rings is 1. The Kier molecular flexibility index (Phi) is 3.69. The number of nitrogens with zero attached hydrogens (tertiary/aromatic N) is 3. The van der Waals surface area contributed by atoms with E-state index >= 15 is 0 Å². The molecule has 0 atom stereocenters. The maximum atomic E-state index is 4.93. The van der Waals surface area contributed by atoms with Crippen LogP contribution in [0.25, 0.3) is 28.1 Å². The van der Waals surface area contributed by atoms with Gasteiger partial charge >= 0.3 is 0 Å². The lowest BCUT2D eigenvalue weighted by molar-refractivity contribution is 0.962. The molecule has 2 aliphatic carbocycles. The van der Waals surface area contributed by atoms with Crippen molar-refractivity contribution in [2.75, 3.05) is 5.32 Å². The highest BCUT2D eigenvalue weighted by Gasteiger charge is 2.28. The van der Waals surface area contributed by atoms with Crippen LogP contribution in [0.5, 0.6) is 0 Å². The molecule has 3 aromatic heterocycles. The van der Waals surface area contributed by atoms with Crippen molar-refractivity contribution in [3.8, 4) is 11.3 Å². The first-order valence-corrected chi connectivity index (χ1v) is 10.1. The van der Waals surface area contributed by atoms with E-state index in [1.807, 2.05) is 30.6 Å². The van der Waals surface area contributed by atoms with Crippen LogP contribution in [0.4, 0.5) is 11.5 Å². The van der Waals surface area contributed by atoms with Crippen LogP contribution >= 0.6 is 0 Å². The predicted molar refractivity (Wildman–Crippen MR) is 117 cm³/mol. The van der Waals surface area contributed by atoms with Crippen LogP contribution in [-0.2, 0) is 6.42 Å². The van der Waals surface area contributed by atoms with Crippen LogP contribution < -0.4 is 5.32 Å². The minimum Gasteiger partial charge on any atom is -0.340 e. The number of hydrogen-bond donors (Lipinski definition) is 1. The average molecular weight is 376 g/mol. The summed E-state index contributed by atoms with van der Waals surface area (Å²) in [6.45, 7) is 0. The van der Waals surface area contributed by atoms with Crippen LogP contribution in [-0.4, -0.2) is 15.0 Å². The van der Waals surface area contributed by atoms with E-state index in [-0.39, 0.29) is 0 Å². The van der Waals surface area contributed by atoms with Crippen LogP contribution in [0.3, 0.4) is 0 Å². The zero-order valence-electron chi connectivity index (χ0n) is 16.0. The molecule has 4 nitrogen and oxygen atoms in total. The Hall–Kier alpha value is -3.53.